The summed E-state index contributed by atoms with van der Waals surface area (Å²) in [7, 11) is 0. The maximum absolute atomic E-state index is 10.2. The van der Waals surface area contributed by atoms with Gasteiger partial charge in [-0.05, 0) is 45.0 Å². The second-order valence-corrected chi connectivity index (χ2v) is 4.70. The summed E-state index contributed by atoms with van der Waals surface area (Å²) < 4.78 is 5.39. The lowest BCUT2D eigenvalue weighted by atomic mass is 10.1. The summed E-state index contributed by atoms with van der Waals surface area (Å²) in [6.07, 6.45) is -0.442. The first-order valence-electron chi connectivity index (χ1n) is 6.73. The minimum atomic E-state index is -0.442. The highest BCUT2D eigenvalue weighted by Crippen LogP contribution is 2.19. The molecule has 1 unspecified atom stereocenters. The van der Waals surface area contributed by atoms with Crippen molar-refractivity contribution in [2.45, 2.75) is 39.8 Å². The van der Waals surface area contributed by atoms with Crippen LogP contribution >= 0.6 is 0 Å². The third-order valence-corrected chi connectivity index (χ3v) is 3.12. The SMILES string of the molecule is CCOc1ccc(C(O)CN(CC)C(C)C)cc1. The Kier molecular flexibility index (Phi) is 6.16. The molecule has 18 heavy (non-hydrogen) atoms. The van der Waals surface area contributed by atoms with E-state index in [9.17, 15) is 5.11 Å². The van der Waals surface area contributed by atoms with E-state index in [2.05, 4.69) is 25.7 Å². The Labute approximate surface area is 110 Å². The van der Waals surface area contributed by atoms with Crippen LogP contribution in [0.5, 0.6) is 5.75 Å². The van der Waals surface area contributed by atoms with E-state index in [4.69, 9.17) is 4.74 Å². The molecule has 1 aromatic rings. The van der Waals surface area contributed by atoms with Gasteiger partial charge >= 0.3 is 0 Å². The van der Waals surface area contributed by atoms with Gasteiger partial charge < -0.3 is 9.84 Å². The van der Waals surface area contributed by atoms with E-state index in [1.807, 2.05) is 31.2 Å². The van der Waals surface area contributed by atoms with Crippen molar-refractivity contribution in [2.75, 3.05) is 19.7 Å². The fourth-order valence-electron chi connectivity index (χ4n) is 1.99. The quantitative estimate of drug-likeness (QED) is 0.809. The van der Waals surface area contributed by atoms with E-state index in [0.29, 0.717) is 19.2 Å². The van der Waals surface area contributed by atoms with Crippen molar-refractivity contribution < 1.29 is 9.84 Å². The predicted molar refractivity (Wildman–Crippen MR) is 75.0 cm³/mol. The van der Waals surface area contributed by atoms with Gasteiger partial charge in [-0.25, -0.2) is 0 Å². The molecule has 0 aliphatic carbocycles. The van der Waals surface area contributed by atoms with Crippen LogP contribution in [-0.4, -0.2) is 35.7 Å². The van der Waals surface area contributed by atoms with Gasteiger partial charge in [0.25, 0.3) is 0 Å². The lowest BCUT2D eigenvalue weighted by Gasteiger charge is -2.27. The Morgan fingerprint density at radius 3 is 2.22 bits per heavy atom. The van der Waals surface area contributed by atoms with Gasteiger partial charge in [-0.3, -0.25) is 4.90 Å². The van der Waals surface area contributed by atoms with Crippen LogP contribution < -0.4 is 4.74 Å². The number of ether oxygens (including phenoxy) is 1. The van der Waals surface area contributed by atoms with Crippen molar-refractivity contribution in [1.82, 2.24) is 4.90 Å². The van der Waals surface area contributed by atoms with Crippen LogP contribution in [0.25, 0.3) is 0 Å². The maximum atomic E-state index is 10.2. The zero-order chi connectivity index (χ0) is 13.5. The zero-order valence-electron chi connectivity index (χ0n) is 11.9. The minimum absolute atomic E-state index is 0.442. The summed E-state index contributed by atoms with van der Waals surface area (Å²) in [4.78, 5) is 2.25. The molecule has 0 aliphatic heterocycles. The lowest BCUT2D eigenvalue weighted by Crippen LogP contribution is -2.34. The van der Waals surface area contributed by atoms with E-state index < -0.39 is 6.10 Å². The molecule has 1 atom stereocenters. The number of aliphatic hydroxyl groups excluding tert-OH is 1. The fourth-order valence-corrected chi connectivity index (χ4v) is 1.99. The molecule has 1 N–H and O–H groups in total. The normalized spacial score (nSPS) is 13.1. The van der Waals surface area contributed by atoms with E-state index in [-0.39, 0.29) is 0 Å². The fraction of sp³-hybridized carbons (Fsp3) is 0.600. The molecule has 0 saturated heterocycles. The van der Waals surface area contributed by atoms with Crippen LogP contribution in [0.4, 0.5) is 0 Å². The number of likely N-dealkylation sites (N-methyl/N-ethyl adjacent to an activating group) is 1. The smallest absolute Gasteiger partial charge is 0.119 e. The van der Waals surface area contributed by atoms with E-state index >= 15 is 0 Å². The molecular weight excluding hydrogens is 226 g/mol. The third kappa shape index (κ3) is 4.31. The van der Waals surface area contributed by atoms with Gasteiger partial charge in [0.15, 0.2) is 0 Å². The largest absolute Gasteiger partial charge is 0.494 e. The van der Waals surface area contributed by atoms with Crippen molar-refractivity contribution >= 4 is 0 Å². The van der Waals surface area contributed by atoms with E-state index in [1.165, 1.54) is 0 Å². The molecule has 0 bridgehead atoms. The molecule has 102 valence electrons. The average molecular weight is 251 g/mol. The first-order valence-corrected chi connectivity index (χ1v) is 6.73. The molecule has 0 fully saturated rings. The first kappa shape index (κ1) is 15.0. The maximum Gasteiger partial charge on any atom is 0.119 e. The molecule has 0 aliphatic rings. The molecule has 0 heterocycles. The molecule has 0 saturated carbocycles. The highest BCUT2D eigenvalue weighted by molar-refractivity contribution is 5.28. The predicted octanol–water partition coefficient (Wildman–Crippen LogP) is 2.85. The van der Waals surface area contributed by atoms with Crippen LogP contribution in [0.15, 0.2) is 24.3 Å². The summed E-state index contributed by atoms with van der Waals surface area (Å²) in [6.45, 7) is 10.7. The molecule has 0 amide bonds. The van der Waals surface area contributed by atoms with Crippen molar-refractivity contribution in [3.63, 3.8) is 0 Å². The summed E-state index contributed by atoms with van der Waals surface area (Å²) in [6, 6.07) is 8.14. The Hall–Kier alpha value is -1.06. The molecular formula is C15H25NO2. The van der Waals surface area contributed by atoms with Crippen molar-refractivity contribution in [2.24, 2.45) is 0 Å². The van der Waals surface area contributed by atoms with Crippen LogP contribution in [0, 0.1) is 0 Å². The number of aliphatic hydroxyl groups is 1. The zero-order valence-corrected chi connectivity index (χ0v) is 11.9. The highest BCUT2D eigenvalue weighted by atomic mass is 16.5. The molecule has 1 aromatic carbocycles. The highest BCUT2D eigenvalue weighted by Gasteiger charge is 2.14. The number of benzene rings is 1. The summed E-state index contributed by atoms with van der Waals surface area (Å²) in [5.41, 5.74) is 0.942. The van der Waals surface area contributed by atoms with Crippen LogP contribution in [-0.2, 0) is 0 Å². The van der Waals surface area contributed by atoms with Gasteiger partial charge in [-0.15, -0.1) is 0 Å². The van der Waals surface area contributed by atoms with Gasteiger partial charge in [0, 0.05) is 12.6 Å². The molecule has 3 nitrogen and oxygen atoms in total. The minimum Gasteiger partial charge on any atom is -0.494 e. The summed E-state index contributed by atoms with van der Waals surface area (Å²) >= 11 is 0. The van der Waals surface area contributed by atoms with Crippen LogP contribution in [0.1, 0.15) is 39.4 Å². The number of hydrogen-bond acceptors (Lipinski definition) is 3. The van der Waals surface area contributed by atoms with Crippen molar-refractivity contribution in [3.05, 3.63) is 29.8 Å². The van der Waals surface area contributed by atoms with Gasteiger partial charge in [0.1, 0.15) is 5.75 Å². The van der Waals surface area contributed by atoms with Gasteiger partial charge in [0.05, 0.1) is 12.7 Å². The average Bonchev–Trinajstić information content (AvgIpc) is 2.36. The monoisotopic (exact) mass is 251 g/mol. The molecule has 3 heteroatoms. The van der Waals surface area contributed by atoms with Crippen molar-refractivity contribution in [1.29, 1.82) is 0 Å². The number of hydrogen-bond donors (Lipinski definition) is 1. The van der Waals surface area contributed by atoms with Crippen LogP contribution in [0.3, 0.4) is 0 Å². The second kappa shape index (κ2) is 7.39. The molecule has 0 aromatic heterocycles. The van der Waals surface area contributed by atoms with Gasteiger partial charge in [0.2, 0.25) is 0 Å². The molecule has 0 spiro atoms. The Bertz CT molecular complexity index is 335. The Morgan fingerprint density at radius 2 is 1.78 bits per heavy atom. The first-order chi connectivity index (χ1) is 8.58. The molecule has 1 rings (SSSR count). The van der Waals surface area contributed by atoms with Crippen molar-refractivity contribution in [3.8, 4) is 5.75 Å². The Balaban J connectivity index is 2.63. The van der Waals surface area contributed by atoms with E-state index in [1.54, 1.807) is 0 Å². The standard InChI is InChI=1S/C15H25NO2/c1-5-16(12(3)4)11-15(17)13-7-9-14(10-8-13)18-6-2/h7-10,12,15,17H,5-6,11H2,1-4H3. The van der Waals surface area contributed by atoms with E-state index in [0.717, 1.165) is 17.9 Å². The topological polar surface area (TPSA) is 32.7 Å². The van der Waals surface area contributed by atoms with Gasteiger partial charge in [-0.1, -0.05) is 19.1 Å². The Morgan fingerprint density at radius 1 is 1.17 bits per heavy atom. The number of rotatable bonds is 7. The second-order valence-electron chi connectivity index (χ2n) is 4.70. The summed E-state index contributed by atoms with van der Waals surface area (Å²) in [5.74, 6) is 0.852. The summed E-state index contributed by atoms with van der Waals surface area (Å²) in [5, 5.41) is 10.2. The lowest BCUT2D eigenvalue weighted by molar-refractivity contribution is 0.0991. The van der Waals surface area contributed by atoms with Crippen LogP contribution in [0.2, 0.25) is 0 Å². The molecule has 0 radical (unpaired) electrons. The number of nitrogens with zero attached hydrogens (tertiary/aromatic N) is 1. The van der Waals surface area contributed by atoms with Gasteiger partial charge in [-0.2, -0.15) is 0 Å². The third-order valence-electron chi connectivity index (χ3n) is 3.12.